The van der Waals surface area contributed by atoms with E-state index in [0.29, 0.717) is 5.41 Å². The molecular weight excluding hydrogens is 226 g/mol. The lowest BCUT2D eigenvalue weighted by atomic mass is 9.80. The molecule has 0 N–H and O–H groups in total. The SMILES string of the molecule is CC(C)(C)C(CS)CN1CCCC2CCCC21. The number of likely N-dealkylation sites (tertiary alicyclic amines) is 1. The molecule has 2 fully saturated rings. The molecule has 1 heterocycles. The van der Waals surface area contributed by atoms with Gasteiger partial charge in [0.1, 0.15) is 0 Å². The molecule has 2 heteroatoms. The first-order chi connectivity index (χ1) is 8.02. The van der Waals surface area contributed by atoms with Crippen LogP contribution in [0.25, 0.3) is 0 Å². The van der Waals surface area contributed by atoms with E-state index in [2.05, 4.69) is 38.3 Å². The lowest BCUT2D eigenvalue weighted by Crippen LogP contribution is -2.47. The zero-order chi connectivity index (χ0) is 12.5. The Kier molecular flexibility index (Phi) is 4.46. The van der Waals surface area contributed by atoms with E-state index < -0.39 is 0 Å². The van der Waals surface area contributed by atoms with Crippen LogP contribution in [-0.4, -0.2) is 29.8 Å². The molecule has 0 spiro atoms. The fraction of sp³-hybridized carbons (Fsp3) is 1.00. The first-order valence-corrected chi connectivity index (χ1v) is 8.00. The van der Waals surface area contributed by atoms with Gasteiger partial charge in [-0.3, -0.25) is 4.90 Å². The van der Waals surface area contributed by atoms with E-state index in [9.17, 15) is 0 Å². The molecule has 0 bridgehead atoms. The number of rotatable bonds is 3. The van der Waals surface area contributed by atoms with Crippen LogP contribution in [0.1, 0.15) is 52.9 Å². The average molecular weight is 255 g/mol. The van der Waals surface area contributed by atoms with Gasteiger partial charge < -0.3 is 0 Å². The quantitative estimate of drug-likeness (QED) is 0.750. The highest BCUT2D eigenvalue weighted by Gasteiger charge is 2.37. The van der Waals surface area contributed by atoms with Crippen LogP contribution in [0.2, 0.25) is 0 Å². The molecule has 3 atom stereocenters. The van der Waals surface area contributed by atoms with Crippen molar-refractivity contribution in [1.29, 1.82) is 0 Å². The zero-order valence-electron chi connectivity index (χ0n) is 11.8. The van der Waals surface area contributed by atoms with Gasteiger partial charge in [0.2, 0.25) is 0 Å². The van der Waals surface area contributed by atoms with Gasteiger partial charge in [-0.1, -0.05) is 27.2 Å². The standard InChI is InChI=1S/C15H29NS/c1-15(2,3)13(11-17)10-16-9-5-7-12-6-4-8-14(12)16/h12-14,17H,4-11H2,1-3H3. The highest BCUT2D eigenvalue weighted by atomic mass is 32.1. The number of hydrogen-bond donors (Lipinski definition) is 1. The maximum atomic E-state index is 4.58. The summed E-state index contributed by atoms with van der Waals surface area (Å²) in [4.78, 5) is 2.80. The Morgan fingerprint density at radius 2 is 1.88 bits per heavy atom. The van der Waals surface area contributed by atoms with Crippen LogP contribution in [0.3, 0.4) is 0 Å². The molecule has 2 rings (SSSR count). The Morgan fingerprint density at radius 3 is 2.53 bits per heavy atom. The van der Waals surface area contributed by atoms with Crippen LogP contribution in [0.15, 0.2) is 0 Å². The number of thiol groups is 1. The second-order valence-electron chi connectivity index (χ2n) is 7.14. The summed E-state index contributed by atoms with van der Waals surface area (Å²) in [7, 11) is 0. The molecule has 0 radical (unpaired) electrons. The Morgan fingerprint density at radius 1 is 1.18 bits per heavy atom. The van der Waals surface area contributed by atoms with Gasteiger partial charge in [-0.2, -0.15) is 12.6 Å². The predicted molar refractivity (Wildman–Crippen MR) is 78.7 cm³/mol. The molecule has 0 aromatic heterocycles. The van der Waals surface area contributed by atoms with Crippen LogP contribution in [0.4, 0.5) is 0 Å². The minimum absolute atomic E-state index is 0.396. The summed E-state index contributed by atoms with van der Waals surface area (Å²) in [5.74, 6) is 2.77. The molecule has 1 saturated carbocycles. The van der Waals surface area contributed by atoms with Crippen molar-refractivity contribution in [2.75, 3.05) is 18.8 Å². The maximum absolute atomic E-state index is 4.58. The fourth-order valence-corrected chi connectivity index (χ4v) is 4.34. The molecule has 17 heavy (non-hydrogen) atoms. The van der Waals surface area contributed by atoms with Gasteiger partial charge in [0, 0.05) is 12.6 Å². The summed E-state index contributed by atoms with van der Waals surface area (Å²) in [6.07, 6.45) is 7.32. The van der Waals surface area contributed by atoms with E-state index in [4.69, 9.17) is 0 Å². The van der Waals surface area contributed by atoms with Gasteiger partial charge in [-0.05, 0) is 55.2 Å². The van der Waals surface area contributed by atoms with Gasteiger partial charge >= 0.3 is 0 Å². The topological polar surface area (TPSA) is 3.24 Å². The summed E-state index contributed by atoms with van der Waals surface area (Å²) in [5.41, 5.74) is 0.396. The zero-order valence-corrected chi connectivity index (χ0v) is 12.7. The molecule has 0 amide bonds. The molecule has 0 aromatic rings. The summed E-state index contributed by atoms with van der Waals surface area (Å²) in [6.45, 7) is 9.70. The summed E-state index contributed by atoms with van der Waals surface area (Å²) < 4.78 is 0. The molecule has 1 aliphatic heterocycles. The monoisotopic (exact) mass is 255 g/mol. The van der Waals surface area contributed by atoms with Crippen LogP contribution in [0, 0.1) is 17.3 Å². The number of fused-ring (bicyclic) bond motifs is 1. The predicted octanol–water partition coefficient (Wildman–Crippen LogP) is 3.84. The molecule has 1 nitrogen and oxygen atoms in total. The van der Waals surface area contributed by atoms with Gasteiger partial charge in [0.15, 0.2) is 0 Å². The van der Waals surface area contributed by atoms with Crippen LogP contribution >= 0.6 is 12.6 Å². The van der Waals surface area contributed by atoms with Gasteiger partial charge in [0.05, 0.1) is 0 Å². The van der Waals surface area contributed by atoms with E-state index in [1.807, 2.05) is 0 Å². The van der Waals surface area contributed by atoms with Crippen LogP contribution in [0.5, 0.6) is 0 Å². The molecule has 2 aliphatic rings. The van der Waals surface area contributed by atoms with E-state index in [-0.39, 0.29) is 0 Å². The largest absolute Gasteiger partial charge is 0.300 e. The number of piperidine rings is 1. The third-order valence-corrected chi connectivity index (χ3v) is 5.45. The summed E-state index contributed by atoms with van der Waals surface area (Å²) in [5, 5.41) is 0. The van der Waals surface area contributed by atoms with Crippen molar-refractivity contribution < 1.29 is 0 Å². The summed E-state index contributed by atoms with van der Waals surface area (Å²) >= 11 is 4.58. The molecular formula is C15H29NS. The van der Waals surface area contributed by atoms with Gasteiger partial charge in [-0.25, -0.2) is 0 Å². The molecule has 0 aromatic carbocycles. The molecule has 100 valence electrons. The third kappa shape index (κ3) is 3.20. The van der Waals surface area contributed by atoms with Crippen molar-refractivity contribution in [3.8, 4) is 0 Å². The van der Waals surface area contributed by atoms with E-state index in [0.717, 1.165) is 23.6 Å². The van der Waals surface area contributed by atoms with Crippen molar-refractivity contribution in [3.63, 3.8) is 0 Å². The van der Waals surface area contributed by atoms with Crippen LogP contribution < -0.4 is 0 Å². The molecule has 3 unspecified atom stereocenters. The minimum atomic E-state index is 0.396. The van der Waals surface area contributed by atoms with Gasteiger partial charge in [0.25, 0.3) is 0 Å². The smallest absolute Gasteiger partial charge is 0.0124 e. The second kappa shape index (κ2) is 5.52. The van der Waals surface area contributed by atoms with Crippen molar-refractivity contribution in [3.05, 3.63) is 0 Å². The van der Waals surface area contributed by atoms with Crippen LogP contribution in [-0.2, 0) is 0 Å². The minimum Gasteiger partial charge on any atom is -0.300 e. The Hall–Kier alpha value is 0.310. The van der Waals surface area contributed by atoms with Crippen molar-refractivity contribution in [2.24, 2.45) is 17.3 Å². The van der Waals surface area contributed by atoms with Crippen molar-refractivity contribution in [1.82, 2.24) is 4.90 Å². The molecule has 1 saturated heterocycles. The molecule has 1 aliphatic carbocycles. The normalized spacial score (nSPS) is 32.5. The lowest BCUT2D eigenvalue weighted by Gasteiger charge is -2.42. The Labute approximate surface area is 113 Å². The summed E-state index contributed by atoms with van der Waals surface area (Å²) in [6, 6.07) is 0.911. The average Bonchev–Trinajstić information content (AvgIpc) is 2.72. The van der Waals surface area contributed by atoms with E-state index >= 15 is 0 Å². The lowest BCUT2D eigenvalue weighted by molar-refractivity contribution is 0.0735. The fourth-order valence-electron chi connectivity index (χ4n) is 3.67. The third-order valence-electron chi connectivity index (χ3n) is 5.01. The Balaban J connectivity index is 1.97. The first-order valence-electron chi connectivity index (χ1n) is 7.37. The highest BCUT2D eigenvalue weighted by molar-refractivity contribution is 7.80. The number of nitrogens with zero attached hydrogens (tertiary/aromatic N) is 1. The highest BCUT2D eigenvalue weighted by Crippen LogP contribution is 2.38. The van der Waals surface area contributed by atoms with Crippen molar-refractivity contribution in [2.45, 2.75) is 58.9 Å². The van der Waals surface area contributed by atoms with E-state index in [1.54, 1.807) is 0 Å². The first kappa shape index (κ1) is 13.7. The maximum Gasteiger partial charge on any atom is 0.0124 e. The number of hydrogen-bond acceptors (Lipinski definition) is 2. The Bertz CT molecular complexity index is 246. The van der Waals surface area contributed by atoms with Gasteiger partial charge in [-0.15, -0.1) is 0 Å². The van der Waals surface area contributed by atoms with Crippen molar-refractivity contribution >= 4 is 12.6 Å². The van der Waals surface area contributed by atoms with E-state index in [1.165, 1.54) is 45.2 Å². The second-order valence-corrected chi connectivity index (χ2v) is 7.51.